The number of nitrogens with zero attached hydrogens (tertiary/aromatic N) is 3. The van der Waals surface area contributed by atoms with Gasteiger partial charge in [-0.1, -0.05) is 31.5 Å². The molecule has 26 heavy (non-hydrogen) atoms. The average molecular weight is 374 g/mol. The maximum Gasteiger partial charge on any atom is 0.137 e. The van der Waals surface area contributed by atoms with Crippen LogP contribution in [0.15, 0.2) is 18.2 Å². The van der Waals surface area contributed by atoms with E-state index in [1.165, 1.54) is 12.8 Å². The van der Waals surface area contributed by atoms with Crippen molar-refractivity contribution in [1.29, 1.82) is 0 Å². The number of halogens is 1. The van der Waals surface area contributed by atoms with Crippen molar-refractivity contribution >= 4 is 17.4 Å². The molecule has 0 unspecified atom stereocenters. The molecule has 1 aliphatic rings. The Labute approximate surface area is 161 Å². The third-order valence-electron chi connectivity index (χ3n) is 5.02. The number of Topliss-reactive ketones (excluding diaryl/α,β-unsaturated/α-hetero) is 1. The average Bonchev–Trinajstić information content (AvgIpc) is 3.34. The normalized spacial score (nSPS) is 14.2. The van der Waals surface area contributed by atoms with E-state index >= 15 is 0 Å². The summed E-state index contributed by atoms with van der Waals surface area (Å²) in [5, 5.41) is 9.51. The van der Waals surface area contributed by atoms with E-state index in [4.69, 9.17) is 11.6 Å². The van der Waals surface area contributed by atoms with Crippen molar-refractivity contribution in [2.45, 2.75) is 71.8 Å². The fraction of sp³-hybridized carbons (Fsp3) is 0.571. The lowest BCUT2D eigenvalue weighted by Crippen LogP contribution is -2.11. The number of rotatable bonds is 9. The van der Waals surface area contributed by atoms with E-state index in [1.54, 1.807) is 0 Å². The monoisotopic (exact) mass is 373 g/mol. The minimum absolute atomic E-state index is 0.226. The second-order valence-electron chi connectivity index (χ2n) is 7.85. The van der Waals surface area contributed by atoms with E-state index in [0.717, 1.165) is 35.6 Å². The Bertz CT molecular complexity index is 778. The van der Waals surface area contributed by atoms with Crippen molar-refractivity contribution in [1.82, 2.24) is 14.8 Å². The van der Waals surface area contributed by atoms with Crippen molar-refractivity contribution in [2.75, 3.05) is 0 Å². The SMILES string of the molecule is Cc1ccc(Cl)cc1CC(=O)CCc1nnc(CCC(C)C)n1C1CC1. The van der Waals surface area contributed by atoms with Gasteiger partial charge >= 0.3 is 0 Å². The molecule has 0 saturated heterocycles. The van der Waals surface area contributed by atoms with Crippen molar-refractivity contribution in [2.24, 2.45) is 5.92 Å². The van der Waals surface area contributed by atoms with Crippen LogP contribution in [0.1, 0.15) is 68.3 Å². The van der Waals surface area contributed by atoms with Crippen LogP contribution in [0.3, 0.4) is 0 Å². The standard InChI is InChI=1S/C21H28ClN3O/c1-14(2)4-10-20-23-24-21(25(20)18-7-8-18)11-9-19(26)13-16-12-17(22)6-5-15(16)3/h5-6,12,14,18H,4,7-11,13H2,1-3H3. The van der Waals surface area contributed by atoms with Crippen LogP contribution in [0, 0.1) is 12.8 Å². The third kappa shape index (κ3) is 4.94. The molecule has 1 aliphatic carbocycles. The van der Waals surface area contributed by atoms with Crippen molar-refractivity contribution in [3.63, 3.8) is 0 Å². The molecule has 4 nitrogen and oxygen atoms in total. The highest BCUT2D eigenvalue weighted by Gasteiger charge is 2.29. The molecule has 1 saturated carbocycles. The number of carbonyl (C=O) groups is 1. The van der Waals surface area contributed by atoms with E-state index in [1.807, 2.05) is 25.1 Å². The van der Waals surface area contributed by atoms with Gasteiger partial charge in [0, 0.05) is 36.7 Å². The predicted molar refractivity (Wildman–Crippen MR) is 105 cm³/mol. The molecule has 0 N–H and O–H groups in total. The van der Waals surface area contributed by atoms with Crippen LogP contribution >= 0.6 is 11.6 Å². The van der Waals surface area contributed by atoms with Gasteiger partial charge in [-0.2, -0.15) is 0 Å². The Kier molecular flexibility index (Phi) is 6.13. The molecule has 0 amide bonds. The highest BCUT2D eigenvalue weighted by Crippen LogP contribution is 2.37. The van der Waals surface area contributed by atoms with E-state index in [9.17, 15) is 4.79 Å². The van der Waals surface area contributed by atoms with E-state index in [0.29, 0.717) is 36.2 Å². The highest BCUT2D eigenvalue weighted by molar-refractivity contribution is 6.30. The van der Waals surface area contributed by atoms with Gasteiger partial charge in [0.2, 0.25) is 0 Å². The molecule has 1 aromatic carbocycles. The van der Waals surface area contributed by atoms with Gasteiger partial charge in [0.1, 0.15) is 17.4 Å². The number of aromatic nitrogens is 3. The summed E-state index contributed by atoms with van der Waals surface area (Å²) in [4.78, 5) is 12.5. The van der Waals surface area contributed by atoms with Gasteiger partial charge in [-0.25, -0.2) is 0 Å². The number of ketones is 1. The number of aryl methyl sites for hydroxylation is 3. The smallest absolute Gasteiger partial charge is 0.137 e. The molecule has 0 bridgehead atoms. The number of hydrogen-bond acceptors (Lipinski definition) is 3. The lowest BCUT2D eigenvalue weighted by Gasteiger charge is -2.10. The third-order valence-corrected chi connectivity index (χ3v) is 5.26. The Morgan fingerprint density at radius 2 is 1.92 bits per heavy atom. The Morgan fingerprint density at radius 3 is 2.58 bits per heavy atom. The summed E-state index contributed by atoms with van der Waals surface area (Å²) in [7, 11) is 0. The van der Waals surface area contributed by atoms with Crippen LogP contribution in [0.5, 0.6) is 0 Å². The first-order valence-electron chi connectivity index (χ1n) is 9.63. The molecule has 0 atom stereocenters. The van der Waals surface area contributed by atoms with Gasteiger partial charge in [-0.05, 0) is 55.4 Å². The van der Waals surface area contributed by atoms with Crippen LogP contribution in [0.2, 0.25) is 5.02 Å². The van der Waals surface area contributed by atoms with Gasteiger partial charge in [0.15, 0.2) is 0 Å². The lowest BCUT2D eigenvalue weighted by atomic mass is 10.0. The van der Waals surface area contributed by atoms with Gasteiger partial charge in [-0.3, -0.25) is 4.79 Å². The van der Waals surface area contributed by atoms with Gasteiger partial charge in [0.05, 0.1) is 0 Å². The lowest BCUT2D eigenvalue weighted by molar-refractivity contribution is -0.118. The predicted octanol–water partition coefficient (Wildman–Crippen LogP) is 4.91. The summed E-state index contributed by atoms with van der Waals surface area (Å²) in [6.45, 7) is 6.48. The van der Waals surface area contributed by atoms with Crippen LogP contribution in [0.4, 0.5) is 0 Å². The van der Waals surface area contributed by atoms with Gasteiger partial charge in [-0.15, -0.1) is 10.2 Å². The molecular formula is C21H28ClN3O. The summed E-state index contributed by atoms with van der Waals surface area (Å²) in [5.41, 5.74) is 2.13. The largest absolute Gasteiger partial charge is 0.312 e. The van der Waals surface area contributed by atoms with Gasteiger partial charge < -0.3 is 4.57 Å². The summed E-state index contributed by atoms with van der Waals surface area (Å²) in [6.07, 6.45) is 6.11. The molecule has 0 spiro atoms. The van der Waals surface area contributed by atoms with E-state index < -0.39 is 0 Å². The van der Waals surface area contributed by atoms with Crippen molar-refractivity contribution < 1.29 is 4.79 Å². The molecule has 1 aromatic heterocycles. The molecule has 5 heteroatoms. The molecule has 0 radical (unpaired) electrons. The van der Waals surface area contributed by atoms with Crippen LogP contribution in [-0.2, 0) is 24.1 Å². The molecule has 2 aromatic rings. The number of carbonyl (C=O) groups excluding carboxylic acids is 1. The second kappa shape index (κ2) is 8.34. The number of benzene rings is 1. The maximum absolute atomic E-state index is 12.5. The summed E-state index contributed by atoms with van der Waals surface area (Å²) in [5.74, 6) is 2.95. The maximum atomic E-state index is 12.5. The van der Waals surface area contributed by atoms with Crippen molar-refractivity contribution in [3.05, 3.63) is 46.0 Å². The van der Waals surface area contributed by atoms with E-state index in [2.05, 4.69) is 28.6 Å². The molecule has 1 fully saturated rings. The Balaban J connectivity index is 1.62. The second-order valence-corrected chi connectivity index (χ2v) is 8.29. The zero-order chi connectivity index (χ0) is 18.7. The zero-order valence-electron chi connectivity index (χ0n) is 16.0. The first-order chi connectivity index (χ1) is 12.4. The molecule has 1 heterocycles. The molecule has 3 rings (SSSR count). The van der Waals surface area contributed by atoms with Crippen LogP contribution < -0.4 is 0 Å². The Morgan fingerprint density at radius 1 is 1.23 bits per heavy atom. The van der Waals surface area contributed by atoms with Crippen LogP contribution in [0.25, 0.3) is 0 Å². The molecule has 140 valence electrons. The summed E-state index contributed by atoms with van der Waals surface area (Å²) in [6, 6.07) is 6.27. The quantitative estimate of drug-likeness (QED) is 0.627. The van der Waals surface area contributed by atoms with E-state index in [-0.39, 0.29) is 5.78 Å². The first kappa shape index (κ1) is 19.1. The Hall–Kier alpha value is -1.68. The summed E-state index contributed by atoms with van der Waals surface area (Å²) < 4.78 is 2.31. The fourth-order valence-electron chi connectivity index (χ4n) is 3.26. The molecular weight excluding hydrogens is 346 g/mol. The first-order valence-corrected chi connectivity index (χ1v) is 10.0. The molecule has 0 aliphatic heterocycles. The summed E-state index contributed by atoms with van der Waals surface area (Å²) >= 11 is 6.06. The van der Waals surface area contributed by atoms with Crippen molar-refractivity contribution in [3.8, 4) is 0 Å². The topological polar surface area (TPSA) is 47.8 Å². The van der Waals surface area contributed by atoms with Crippen LogP contribution in [-0.4, -0.2) is 20.5 Å². The minimum Gasteiger partial charge on any atom is -0.312 e. The zero-order valence-corrected chi connectivity index (χ0v) is 16.7. The number of hydrogen-bond donors (Lipinski definition) is 0. The highest BCUT2D eigenvalue weighted by atomic mass is 35.5. The fourth-order valence-corrected chi connectivity index (χ4v) is 3.45. The minimum atomic E-state index is 0.226. The van der Waals surface area contributed by atoms with Gasteiger partial charge in [0.25, 0.3) is 0 Å².